The fourth-order valence-electron chi connectivity index (χ4n) is 4.68. The molecule has 9 heteroatoms. The Morgan fingerprint density at radius 1 is 0.944 bits per heavy atom. The number of nitrogens with zero attached hydrogens (tertiary/aromatic N) is 4. The molecule has 1 aromatic heterocycles. The van der Waals surface area contributed by atoms with Crippen LogP contribution in [0.15, 0.2) is 66.9 Å². The molecule has 2 saturated heterocycles. The second kappa shape index (κ2) is 10.7. The third-order valence-corrected chi connectivity index (χ3v) is 6.70. The van der Waals surface area contributed by atoms with E-state index in [9.17, 15) is 14.0 Å². The summed E-state index contributed by atoms with van der Waals surface area (Å²) in [5.41, 5.74) is 0.823. The number of nitrogens with one attached hydrogen (secondary N) is 1. The molecule has 8 nitrogen and oxygen atoms in total. The number of carbonyl (C=O) groups excluding carboxylic acids is 2. The highest BCUT2D eigenvalue weighted by Crippen LogP contribution is 2.25. The van der Waals surface area contributed by atoms with Gasteiger partial charge in [0.1, 0.15) is 17.7 Å². The number of piperidine rings is 1. The minimum absolute atomic E-state index is 0.0121. The Morgan fingerprint density at radius 3 is 2.44 bits per heavy atom. The number of anilines is 2. The summed E-state index contributed by atoms with van der Waals surface area (Å²) in [6, 6.07) is 17.1. The Hall–Kier alpha value is -4.01. The zero-order chi connectivity index (χ0) is 24.9. The quantitative estimate of drug-likeness (QED) is 0.567. The molecular formula is C27H28FN5O3. The maximum Gasteiger partial charge on any atom is 0.256 e. The first kappa shape index (κ1) is 23.7. The van der Waals surface area contributed by atoms with Gasteiger partial charge in [0.15, 0.2) is 5.82 Å². The highest BCUT2D eigenvalue weighted by molar-refractivity contribution is 5.94. The lowest BCUT2D eigenvalue weighted by molar-refractivity contribution is -0.119. The lowest BCUT2D eigenvalue weighted by atomic mass is 10.1. The van der Waals surface area contributed by atoms with Crippen LogP contribution in [0.4, 0.5) is 15.9 Å². The maximum atomic E-state index is 13.9. The summed E-state index contributed by atoms with van der Waals surface area (Å²) in [5.74, 6) is 0.595. The van der Waals surface area contributed by atoms with Crippen molar-refractivity contribution in [2.75, 3.05) is 36.4 Å². The van der Waals surface area contributed by atoms with Gasteiger partial charge in [0, 0.05) is 50.9 Å². The van der Waals surface area contributed by atoms with Crippen LogP contribution in [-0.4, -0.2) is 59.2 Å². The normalized spacial score (nSPS) is 18.2. The molecule has 5 rings (SSSR count). The number of rotatable bonds is 6. The molecule has 2 aliphatic rings. The highest BCUT2D eigenvalue weighted by Gasteiger charge is 2.29. The number of hydrogen-bond donors (Lipinski definition) is 1. The largest absolute Gasteiger partial charge is 0.490 e. The zero-order valence-corrected chi connectivity index (χ0v) is 19.8. The minimum Gasteiger partial charge on any atom is -0.490 e. The summed E-state index contributed by atoms with van der Waals surface area (Å²) in [6.07, 6.45) is 3.71. The number of ether oxygens (including phenoxy) is 1. The monoisotopic (exact) mass is 489 g/mol. The van der Waals surface area contributed by atoms with E-state index < -0.39 is 5.82 Å². The van der Waals surface area contributed by atoms with Crippen molar-refractivity contribution in [2.24, 2.45) is 5.92 Å². The molecule has 1 N–H and O–H groups in total. The van der Waals surface area contributed by atoms with E-state index in [2.05, 4.69) is 20.4 Å². The molecule has 2 aliphatic heterocycles. The van der Waals surface area contributed by atoms with E-state index in [0.717, 1.165) is 24.5 Å². The van der Waals surface area contributed by atoms with Gasteiger partial charge in [0.05, 0.1) is 11.5 Å². The fourth-order valence-corrected chi connectivity index (χ4v) is 4.68. The van der Waals surface area contributed by atoms with Crippen LogP contribution in [0.2, 0.25) is 0 Å². The predicted octanol–water partition coefficient (Wildman–Crippen LogP) is 3.76. The van der Waals surface area contributed by atoms with Gasteiger partial charge in [0.2, 0.25) is 5.91 Å². The topological polar surface area (TPSA) is 87.7 Å². The molecule has 0 bridgehead atoms. The molecular weight excluding hydrogens is 461 g/mol. The molecule has 3 heterocycles. The van der Waals surface area contributed by atoms with Gasteiger partial charge in [0.25, 0.3) is 5.91 Å². The number of likely N-dealkylation sites (tertiary alicyclic amines) is 1. The number of amides is 2. The average molecular weight is 490 g/mol. The van der Waals surface area contributed by atoms with Crippen molar-refractivity contribution in [1.82, 2.24) is 15.1 Å². The minimum atomic E-state index is -0.496. The Kier molecular flexibility index (Phi) is 7.06. The summed E-state index contributed by atoms with van der Waals surface area (Å²) in [7, 11) is 0. The van der Waals surface area contributed by atoms with Gasteiger partial charge in [-0.05, 0) is 55.0 Å². The smallest absolute Gasteiger partial charge is 0.256 e. The van der Waals surface area contributed by atoms with Gasteiger partial charge in [-0.3, -0.25) is 9.59 Å². The molecule has 1 atom stereocenters. The molecule has 2 aromatic carbocycles. The van der Waals surface area contributed by atoms with Crippen LogP contribution in [0.5, 0.6) is 5.75 Å². The first-order chi connectivity index (χ1) is 17.6. The number of hydrogen-bond acceptors (Lipinski definition) is 6. The van der Waals surface area contributed by atoms with Gasteiger partial charge in [-0.15, -0.1) is 5.10 Å². The molecule has 0 spiro atoms. The van der Waals surface area contributed by atoms with Gasteiger partial charge in [-0.2, -0.15) is 5.10 Å². The maximum absolute atomic E-state index is 13.9. The summed E-state index contributed by atoms with van der Waals surface area (Å²) >= 11 is 0. The van der Waals surface area contributed by atoms with Crippen LogP contribution < -0.4 is 15.0 Å². The van der Waals surface area contributed by atoms with Crippen molar-refractivity contribution in [1.29, 1.82) is 0 Å². The van der Waals surface area contributed by atoms with Gasteiger partial charge in [-0.25, -0.2) is 4.39 Å². The third kappa shape index (κ3) is 5.45. The summed E-state index contributed by atoms with van der Waals surface area (Å²) in [6.45, 7) is 2.41. The van der Waals surface area contributed by atoms with Crippen LogP contribution in [0.1, 0.15) is 29.6 Å². The van der Waals surface area contributed by atoms with E-state index in [1.807, 2.05) is 36.4 Å². The summed E-state index contributed by atoms with van der Waals surface area (Å²) in [5, 5.41) is 11.0. The van der Waals surface area contributed by atoms with E-state index >= 15 is 0 Å². The molecule has 36 heavy (non-hydrogen) atoms. The Bertz CT molecular complexity index is 1200. The molecule has 0 radical (unpaired) electrons. The molecule has 0 unspecified atom stereocenters. The second-order valence-corrected chi connectivity index (χ2v) is 9.12. The van der Waals surface area contributed by atoms with E-state index in [1.54, 1.807) is 23.2 Å². The SMILES string of the molecule is O=C(Nc1ccc(OC2CCN(C(=O)c3ccccc3F)CC2)cc1)[C@H]1CCN(c2cccnn2)C1. The number of aromatic nitrogens is 2. The van der Waals surface area contributed by atoms with E-state index in [0.29, 0.717) is 38.2 Å². The third-order valence-electron chi connectivity index (χ3n) is 6.70. The molecule has 0 saturated carbocycles. The molecule has 2 fully saturated rings. The van der Waals surface area contributed by atoms with E-state index in [1.165, 1.54) is 12.1 Å². The molecule has 186 valence electrons. The number of halogens is 1. The second-order valence-electron chi connectivity index (χ2n) is 9.12. The Morgan fingerprint density at radius 2 is 1.72 bits per heavy atom. The fraction of sp³-hybridized carbons (Fsp3) is 0.333. The Labute approximate surface area is 209 Å². The van der Waals surface area contributed by atoms with Crippen LogP contribution in [0.3, 0.4) is 0 Å². The van der Waals surface area contributed by atoms with Crippen LogP contribution in [-0.2, 0) is 4.79 Å². The van der Waals surface area contributed by atoms with Gasteiger partial charge < -0.3 is 19.9 Å². The Balaban J connectivity index is 1.08. The lowest BCUT2D eigenvalue weighted by Crippen LogP contribution is -2.42. The van der Waals surface area contributed by atoms with Gasteiger partial charge in [-0.1, -0.05) is 12.1 Å². The number of benzene rings is 2. The van der Waals surface area contributed by atoms with Crippen molar-refractivity contribution >= 4 is 23.3 Å². The molecule has 0 aliphatic carbocycles. The first-order valence-corrected chi connectivity index (χ1v) is 12.2. The zero-order valence-electron chi connectivity index (χ0n) is 19.8. The molecule has 2 amide bonds. The predicted molar refractivity (Wildman–Crippen MR) is 133 cm³/mol. The van der Waals surface area contributed by atoms with Crippen molar-refractivity contribution in [3.05, 3.63) is 78.2 Å². The van der Waals surface area contributed by atoms with Crippen molar-refractivity contribution in [3.63, 3.8) is 0 Å². The van der Waals surface area contributed by atoms with E-state index in [-0.39, 0.29) is 29.4 Å². The van der Waals surface area contributed by atoms with Crippen LogP contribution in [0.25, 0.3) is 0 Å². The molecule has 3 aromatic rings. The van der Waals surface area contributed by atoms with Crippen molar-refractivity contribution < 1.29 is 18.7 Å². The summed E-state index contributed by atoms with van der Waals surface area (Å²) in [4.78, 5) is 29.1. The number of carbonyl (C=O) groups is 2. The van der Waals surface area contributed by atoms with Crippen molar-refractivity contribution in [3.8, 4) is 5.75 Å². The van der Waals surface area contributed by atoms with Gasteiger partial charge >= 0.3 is 0 Å². The highest BCUT2D eigenvalue weighted by atomic mass is 19.1. The summed E-state index contributed by atoms with van der Waals surface area (Å²) < 4.78 is 20.0. The average Bonchev–Trinajstić information content (AvgIpc) is 3.41. The van der Waals surface area contributed by atoms with E-state index in [4.69, 9.17) is 4.74 Å². The van der Waals surface area contributed by atoms with Crippen LogP contribution >= 0.6 is 0 Å². The van der Waals surface area contributed by atoms with Crippen LogP contribution in [0, 0.1) is 11.7 Å². The standard InChI is InChI=1S/C27H28FN5O3/c28-24-5-2-1-4-23(24)27(35)32-16-12-22(13-17-32)36-21-9-7-20(8-10-21)30-26(34)19-11-15-33(18-19)25-6-3-14-29-31-25/h1-10,14,19,22H,11-13,15-18H2,(H,30,34)/t19-/m0/s1. The van der Waals surface area contributed by atoms with Crippen molar-refractivity contribution in [2.45, 2.75) is 25.4 Å². The first-order valence-electron chi connectivity index (χ1n) is 12.2. The lowest BCUT2D eigenvalue weighted by Gasteiger charge is -2.32.